The van der Waals surface area contributed by atoms with Crippen LogP contribution in [0.5, 0.6) is 5.75 Å². The van der Waals surface area contributed by atoms with Gasteiger partial charge in [-0.3, -0.25) is 4.79 Å². The molecule has 2 rings (SSSR count). The maximum Gasteiger partial charge on any atom is 0.150 e. The summed E-state index contributed by atoms with van der Waals surface area (Å²) in [6.07, 6.45) is 0.842. The van der Waals surface area contributed by atoms with Crippen LogP contribution in [-0.4, -0.2) is 13.4 Å². The third kappa shape index (κ3) is 1.64. The highest BCUT2D eigenvalue weighted by Crippen LogP contribution is 2.34. The second kappa shape index (κ2) is 3.86. The Morgan fingerprint density at radius 2 is 2.21 bits per heavy atom. The first-order valence-corrected chi connectivity index (χ1v) is 5.86. The Labute approximate surface area is 99.0 Å². The molecule has 0 fully saturated rings. The molecule has 0 amide bonds. The standard InChI is InChI=1S/C10H7IO2S/c1-13-8-2-6(5-12)3-9-7(8)4-10(11)14-9/h2-5H,1H3. The molecule has 0 aliphatic heterocycles. The predicted octanol–water partition coefficient (Wildman–Crippen LogP) is 3.33. The number of fused-ring (bicyclic) bond motifs is 1. The van der Waals surface area contributed by atoms with Gasteiger partial charge in [-0.05, 0) is 40.8 Å². The van der Waals surface area contributed by atoms with E-state index in [0.717, 1.165) is 22.1 Å². The number of carbonyl (C=O) groups excluding carboxylic acids is 1. The molecule has 72 valence electrons. The average Bonchev–Trinajstić information content (AvgIpc) is 2.56. The van der Waals surface area contributed by atoms with Gasteiger partial charge in [0.2, 0.25) is 0 Å². The number of halogens is 1. The van der Waals surface area contributed by atoms with Gasteiger partial charge in [0.15, 0.2) is 0 Å². The predicted molar refractivity (Wildman–Crippen MR) is 66.5 cm³/mol. The van der Waals surface area contributed by atoms with Crippen molar-refractivity contribution in [2.75, 3.05) is 7.11 Å². The summed E-state index contributed by atoms with van der Waals surface area (Å²) in [5, 5.41) is 1.08. The van der Waals surface area contributed by atoms with Crippen molar-refractivity contribution in [3.05, 3.63) is 26.6 Å². The third-order valence-electron chi connectivity index (χ3n) is 1.95. The fourth-order valence-corrected chi connectivity index (χ4v) is 3.21. The Bertz CT molecular complexity index is 490. The van der Waals surface area contributed by atoms with E-state index in [0.29, 0.717) is 5.56 Å². The summed E-state index contributed by atoms with van der Waals surface area (Å²) in [5.41, 5.74) is 0.660. The molecule has 0 bridgehead atoms. The smallest absolute Gasteiger partial charge is 0.150 e. The van der Waals surface area contributed by atoms with E-state index in [2.05, 4.69) is 28.7 Å². The van der Waals surface area contributed by atoms with Crippen LogP contribution in [-0.2, 0) is 0 Å². The van der Waals surface area contributed by atoms with Crippen molar-refractivity contribution in [2.24, 2.45) is 0 Å². The number of thiophene rings is 1. The molecule has 0 unspecified atom stereocenters. The van der Waals surface area contributed by atoms with Crippen LogP contribution in [0, 0.1) is 2.88 Å². The minimum absolute atomic E-state index is 0.660. The molecule has 0 N–H and O–H groups in total. The lowest BCUT2D eigenvalue weighted by molar-refractivity contribution is 0.112. The Morgan fingerprint density at radius 3 is 2.86 bits per heavy atom. The van der Waals surface area contributed by atoms with Crippen molar-refractivity contribution in [3.63, 3.8) is 0 Å². The van der Waals surface area contributed by atoms with Gasteiger partial charge in [0, 0.05) is 15.6 Å². The second-order valence-electron chi connectivity index (χ2n) is 2.80. The Balaban J connectivity index is 2.78. The van der Waals surface area contributed by atoms with Gasteiger partial charge in [-0.2, -0.15) is 0 Å². The van der Waals surface area contributed by atoms with Crippen molar-refractivity contribution in [1.82, 2.24) is 0 Å². The average molecular weight is 318 g/mol. The lowest BCUT2D eigenvalue weighted by atomic mass is 10.2. The summed E-state index contributed by atoms with van der Waals surface area (Å²) < 4.78 is 7.51. The number of aldehydes is 1. The molecule has 0 aliphatic rings. The van der Waals surface area contributed by atoms with Crippen LogP contribution in [0.25, 0.3) is 10.1 Å². The molecule has 4 heteroatoms. The lowest BCUT2D eigenvalue weighted by Crippen LogP contribution is -1.86. The summed E-state index contributed by atoms with van der Waals surface area (Å²) in [6, 6.07) is 5.71. The van der Waals surface area contributed by atoms with Crippen LogP contribution in [0.3, 0.4) is 0 Å². The van der Waals surface area contributed by atoms with Crippen LogP contribution < -0.4 is 4.74 Å². The molecule has 1 heterocycles. The summed E-state index contributed by atoms with van der Waals surface area (Å²) in [5.74, 6) is 0.767. The number of ether oxygens (including phenoxy) is 1. The second-order valence-corrected chi connectivity index (χ2v) is 5.78. The first kappa shape index (κ1) is 9.92. The fourth-order valence-electron chi connectivity index (χ4n) is 1.33. The molecular formula is C10H7IO2S. The van der Waals surface area contributed by atoms with E-state index in [-0.39, 0.29) is 0 Å². The number of carbonyl (C=O) groups is 1. The van der Waals surface area contributed by atoms with Gasteiger partial charge in [-0.25, -0.2) is 0 Å². The van der Waals surface area contributed by atoms with E-state index in [1.165, 1.54) is 2.88 Å². The monoisotopic (exact) mass is 318 g/mol. The van der Waals surface area contributed by atoms with Crippen LogP contribution >= 0.6 is 33.9 Å². The van der Waals surface area contributed by atoms with Crippen LogP contribution in [0.15, 0.2) is 18.2 Å². The van der Waals surface area contributed by atoms with Gasteiger partial charge >= 0.3 is 0 Å². The molecule has 0 saturated carbocycles. The van der Waals surface area contributed by atoms with Crippen molar-refractivity contribution in [1.29, 1.82) is 0 Å². The van der Waals surface area contributed by atoms with Gasteiger partial charge in [0.1, 0.15) is 12.0 Å². The van der Waals surface area contributed by atoms with E-state index < -0.39 is 0 Å². The number of benzene rings is 1. The van der Waals surface area contributed by atoms with Crippen molar-refractivity contribution < 1.29 is 9.53 Å². The highest BCUT2D eigenvalue weighted by molar-refractivity contribution is 14.1. The zero-order chi connectivity index (χ0) is 10.1. The molecule has 0 spiro atoms. The molecule has 0 saturated heterocycles. The molecule has 0 radical (unpaired) electrons. The van der Waals surface area contributed by atoms with E-state index in [1.807, 2.05) is 6.07 Å². The number of hydrogen-bond acceptors (Lipinski definition) is 3. The van der Waals surface area contributed by atoms with Crippen molar-refractivity contribution in [3.8, 4) is 5.75 Å². The van der Waals surface area contributed by atoms with Crippen LogP contribution in [0.4, 0.5) is 0 Å². The first-order valence-electron chi connectivity index (χ1n) is 3.97. The Hall–Kier alpha value is -0.620. The summed E-state index contributed by atoms with van der Waals surface area (Å²) in [4.78, 5) is 10.7. The third-order valence-corrected chi connectivity index (χ3v) is 3.79. The normalized spacial score (nSPS) is 10.4. The lowest BCUT2D eigenvalue weighted by Gasteiger charge is -2.01. The SMILES string of the molecule is COc1cc(C=O)cc2sc(I)cc12. The van der Waals surface area contributed by atoms with E-state index >= 15 is 0 Å². The van der Waals surface area contributed by atoms with Gasteiger partial charge in [0.25, 0.3) is 0 Å². The maximum absolute atomic E-state index is 10.7. The zero-order valence-corrected chi connectivity index (χ0v) is 10.4. The molecule has 1 aromatic carbocycles. The quantitative estimate of drug-likeness (QED) is 0.627. The molecule has 0 atom stereocenters. The number of rotatable bonds is 2. The molecular weight excluding hydrogens is 311 g/mol. The molecule has 14 heavy (non-hydrogen) atoms. The van der Waals surface area contributed by atoms with Crippen LogP contribution in [0.1, 0.15) is 10.4 Å². The first-order chi connectivity index (χ1) is 6.74. The molecule has 2 aromatic rings. The summed E-state index contributed by atoms with van der Waals surface area (Å²) in [6.45, 7) is 0. The van der Waals surface area contributed by atoms with Crippen molar-refractivity contribution in [2.45, 2.75) is 0 Å². The van der Waals surface area contributed by atoms with Gasteiger partial charge in [0.05, 0.1) is 9.99 Å². The van der Waals surface area contributed by atoms with Gasteiger partial charge in [-0.15, -0.1) is 11.3 Å². The highest BCUT2D eigenvalue weighted by atomic mass is 127. The molecule has 0 aliphatic carbocycles. The highest BCUT2D eigenvalue weighted by Gasteiger charge is 2.07. The number of hydrogen-bond donors (Lipinski definition) is 0. The Kier molecular flexibility index (Phi) is 2.73. The Morgan fingerprint density at radius 1 is 1.43 bits per heavy atom. The summed E-state index contributed by atoms with van der Waals surface area (Å²) in [7, 11) is 1.62. The van der Waals surface area contributed by atoms with E-state index in [9.17, 15) is 4.79 Å². The topological polar surface area (TPSA) is 26.3 Å². The molecule has 1 aromatic heterocycles. The van der Waals surface area contributed by atoms with Gasteiger partial charge < -0.3 is 4.74 Å². The number of methoxy groups -OCH3 is 1. The van der Waals surface area contributed by atoms with E-state index in [1.54, 1.807) is 24.5 Å². The van der Waals surface area contributed by atoms with Crippen LogP contribution in [0.2, 0.25) is 0 Å². The minimum atomic E-state index is 0.660. The largest absolute Gasteiger partial charge is 0.496 e. The van der Waals surface area contributed by atoms with Gasteiger partial charge in [-0.1, -0.05) is 0 Å². The maximum atomic E-state index is 10.7. The molecule has 2 nitrogen and oxygen atoms in total. The minimum Gasteiger partial charge on any atom is -0.496 e. The summed E-state index contributed by atoms with van der Waals surface area (Å²) >= 11 is 3.92. The van der Waals surface area contributed by atoms with E-state index in [4.69, 9.17) is 4.74 Å². The fraction of sp³-hybridized carbons (Fsp3) is 0.100. The van der Waals surface area contributed by atoms with Crippen molar-refractivity contribution >= 4 is 50.3 Å². The zero-order valence-electron chi connectivity index (χ0n) is 7.41.